The van der Waals surface area contributed by atoms with Crippen molar-refractivity contribution in [1.82, 2.24) is 4.57 Å². The van der Waals surface area contributed by atoms with Gasteiger partial charge < -0.3 is 4.57 Å². The van der Waals surface area contributed by atoms with Gasteiger partial charge in [0.2, 0.25) is 0 Å². The van der Waals surface area contributed by atoms with E-state index in [0.717, 1.165) is 9.84 Å². The molecule has 2 heterocycles. The van der Waals surface area contributed by atoms with Crippen LogP contribution >= 0.6 is 0 Å². The van der Waals surface area contributed by atoms with Crippen LogP contribution in [0.3, 0.4) is 0 Å². The zero-order valence-electron chi connectivity index (χ0n) is 9.40. The highest BCUT2D eigenvalue weighted by molar-refractivity contribution is 6.22. The van der Waals surface area contributed by atoms with E-state index in [9.17, 15) is 0 Å². The smallest absolute Gasteiger partial charge is 0.341 e. The first-order chi connectivity index (χ1) is 7.31. The summed E-state index contributed by atoms with van der Waals surface area (Å²) in [4.78, 5) is 0. The highest BCUT2D eigenvalue weighted by Gasteiger charge is 2.25. The van der Waals surface area contributed by atoms with Crippen LogP contribution in [-0.4, -0.2) is 21.0 Å². The molecule has 78 valence electrons. The van der Waals surface area contributed by atoms with E-state index in [-0.39, 0.29) is 0 Å². The predicted octanol–water partition coefficient (Wildman–Crippen LogP) is 1.83. The normalized spacial score (nSPS) is 14.8. The SMILES string of the molecule is CCCCN1[Si][n+]2ccccc2C=C1C. The molecule has 1 aliphatic heterocycles. The highest BCUT2D eigenvalue weighted by Crippen LogP contribution is 2.11. The summed E-state index contributed by atoms with van der Waals surface area (Å²) in [6.45, 7) is 5.63. The van der Waals surface area contributed by atoms with Gasteiger partial charge >= 0.3 is 9.84 Å². The van der Waals surface area contributed by atoms with E-state index in [1.165, 1.54) is 30.8 Å². The summed E-state index contributed by atoms with van der Waals surface area (Å²) in [7, 11) is 0.736. The fourth-order valence-corrected chi connectivity index (χ4v) is 2.86. The first kappa shape index (κ1) is 10.4. The molecule has 3 heteroatoms. The van der Waals surface area contributed by atoms with Crippen LogP contribution in [0.1, 0.15) is 32.4 Å². The molecule has 0 spiro atoms. The Hall–Kier alpha value is -1.09. The first-order valence-electron chi connectivity index (χ1n) is 5.54. The molecule has 0 amide bonds. The van der Waals surface area contributed by atoms with Gasteiger partial charge in [0.15, 0.2) is 5.69 Å². The Balaban J connectivity index is 2.17. The van der Waals surface area contributed by atoms with Crippen LogP contribution in [0.15, 0.2) is 30.1 Å². The lowest BCUT2D eigenvalue weighted by atomic mass is 10.3. The zero-order chi connectivity index (χ0) is 10.7. The molecule has 0 bridgehead atoms. The number of pyridine rings is 1. The summed E-state index contributed by atoms with van der Waals surface area (Å²) in [5.41, 5.74) is 2.72. The number of aromatic nitrogens is 1. The maximum absolute atomic E-state index is 2.47. The van der Waals surface area contributed by atoms with Crippen molar-refractivity contribution in [3.63, 3.8) is 0 Å². The quantitative estimate of drug-likeness (QED) is 0.701. The van der Waals surface area contributed by atoms with Crippen LogP contribution in [0.2, 0.25) is 0 Å². The molecule has 2 nitrogen and oxygen atoms in total. The lowest BCUT2D eigenvalue weighted by Crippen LogP contribution is -2.54. The number of hydrogen-bond acceptors (Lipinski definition) is 1. The van der Waals surface area contributed by atoms with Gasteiger partial charge in [-0.3, -0.25) is 0 Å². The number of unbranched alkanes of at least 4 members (excludes halogenated alkanes) is 1. The van der Waals surface area contributed by atoms with E-state index in [0.29, 0.717) is 0 Å². The van der Waals surface area contributed by atoms with E-state index < -0.39 is 0 Å². The average molecular weight is 217 g/mol. The number of nitrogens with zero attached hydrogens (tertiary/aromatic N) is 2. The molecule has 2 rings (SSSR count). The van der Waals surface area contributed by atoms with Crippen LogP contribution in [0.5, 0.6) is 0 Å². The molecular formula is C12H17N2Si+. The van der Waals surface area contributed by atoms with E-state index in [2.05, 4.69) is 53.1 Å². The maximum atomic E-state index is 2.47. The summed E-state index contributed by atoms with van der Waals surface area (Å²) in [6.07, 6.45) is 6.98. The topological polar surface area (TPSA) is 7.12 Å². The van der Waals surface area contributed by atoms with Gasteiger partial charge in [-0.25, -0.2) is 4.23 Å². The fraction of sp³-hybridized carbons (Fsp3) is 0.417. The highest BCUT2D eigenvalue weighted by atomic mass is 28.2. The molecule has 0 aromatic carbocycles. The molecule has 0 fully saturated rings. The lowest BCUT2D eigenvalue weighted by Gasteiger charge is -2.22. The lowest BCUT2D eigenvalue weighted by molar-refractivity contribution is -0.539. The van der Waals surface area contributed by atoms with E-state index in [1.807, 2.05) is 0 Å². The largest absolute Gasteiger partial charge is 0.650 e. The molecule has 0 atom stereocenters. The Labute approximate surface area is 94.2 Å². The Morgan fingerprint density at radius 2 is 2.27 bits per heavy atom. The maximum Gasteiger partial charge on any atom is 0.650 e. The van der Waals surface area contributed by atoms with Crippen molar-refractivity contribution >= 4 is 15.9 Å². The van der Waals surface area contributed by atoms with Crippen molar-refractivity contribution in [3.8, 4) is 0 Å². The van der Waals surface area contributed by atoms with Crippen molar-refractivity contribution in [3.05, 3.63) is 35.8 Å². The van der Waals surface area contributed by atoms with Gasteiger partial charge in [0, 0.05) is 30.5 Å². The average Bonchev–Trinajstić information content (AvgIpc) is 2.26. The van der Waals surface area contributed by atoms with Crippen molar-refractivity contribution in [1.29, 1.82) is 0 Å². The molecule has 0 saturated carbocycles. The molecule has 2 radical (unpaired) electrons. The minimum atomic E-state index is 0.736. The Morgan fingerprint density at radius 3 is 3.07 bits per heavy atom. The van der Waals surface area contributed by atoms with E-state index >= 15 is 0 Å². The summed E-state index contributed by atoms with van der Waals surface area (Å²) in [5, 5.41) is 0. The summed E-state index contributed by atoms with van der Waals surface area (Å²) in [5.74, 6) is 0. The third-order valence-electron chi connectivity index (χ3n) is 2.64. The Bertz CT molecular complexity index is 374. The summed E-state index contributed by atoms with van der Waals surface area (Å²) < 4.78 is 4.79. The molecule has 1 aliphatic rings. The zero-order valence-corrected chi connectivity index (χ0v) is 10.4. The van der Waals surface area contributed by atoms with Crippen molar-refractivity contribution in [2.24, 2.45) is 0 Å². The van der Waals surface area contributed by atoms with Gasteiger partial charge in [-0.1, -0.05) is 13.3 Å². The third-order valence-corrected chi connectivity index (χ3v) is 4.08. The van der Waals surface area contributed by atoms with Crippen LogP contribution in [-0.2, 0) is 0 Å². The minimum absolute atomic E-state index is 0.736. The van der Waals surface area contributed by atoms with E-state index in [1.54, 1.807) is 0 Å². The number of rotatable bonds is 3. The van der Waals surface area contributed by atoms with Gasteiger partial charge in [-0.2, -0.15) is 0 Å². The fourth-order valence-electron chi connectivity index (χ4n) is 1.71. The van der Waals surface area contributed by atoms with E-state index in [4.69, 9.17) is 0 Å². The summed E-state index contributed by atoms with van der Waals surface area (Å²) in [6, 6.07) is 6.37. The van der Waals surface area contributed by atoms with Crippen LogP contribution in [0.4, 0.5) is 0 Å². The number of fused-ring (bicyclic) bond motifs is 1. The van der Waals surface area contributed by atoms with Crippen molar-refractivity contribution in [2.75, 3.05) is 6.54 Å². The monoisotopic (exact) mass is 217 g/mol. The molecule has 1 aromatic rings. The van der Waals surface area contributed by atoms with Crippen LogP contribution in [0, 0.1) is 0 Å². The van der Waals surface area contributed by atoms with Gasteiger partial charge in [-0.05, 0) is 19.4 Å². The summed E-state index contributed by atoms with van der Waals surface area (Å²) >= 11 is 0. The number of allylic oxidation sites excluding steroid dienone is 1. The second kappa shape index (κ2) is 4.62. The predicted molar refractivity (Wildman–Crippen MR) is 63.1 cm³/mol. The molecular weight excluding hydrogens is 200 g/mol. The van der Waals surface area contributed by atoms with Gasteiger partial charge in [0.05, 0.1) is 0 Å². The van der Waals surface area contributed by atoms with Gasteiger partial charge in [0.1, 0.15) is 6.20 Å². The first-order valence-corrected chi connectivity index (χ1v) is 6.44. The second-order valence-electron chi connectivity index (χ2n) is 3.89. The van der Waals surface area contributed by atoms with Crippen LogP contribution < -0.4 is 4.23 Å². The Kier molecular flexibility index (Phi) is 3.21. The van der Waals surface area contributed by atoms with Gasteiger partial charge in [-0.15, -0.1) is 0 Å². The Morgan fingerprint density at radius 1 is 1.40 bits per heavy atom. The molecule has 0 N–H and O–H groups in total. The molecule has 15 heavy (non-hydrogen) atoms. The van der Waals surface area contributed by atoms with Gasteiger partial charge in [0.25, 0.3) is 0 Å². The minimum Gasteiger partial charge on any atom is -0.341 e. The molecule has 0 saturated heterocycles. The third kappa shape index (κ3) is 2.29. The standard InChI is InChI=1S/C12H17N2Si/c1-3-4-8-13-11(2)10-12-7-5-6-9-14(12)15-13/h5-7,9-10H,3-4,8H2,1-2H3/q+1. The molecule has 0 unspecified atom stereocenters. The van der Waals surface area contributed by atoms with Crippen molar-refractivity contribution < 1.29 is 4.23 Å². The molecule has 1 aromatic heterocycles. The molecule has 0 aliphatic carbocycles. The second-order valence-corrected chi connectivity index (χ2v) is 5.11. The van der Waals surface area contributed by atoms with Crippen molar-refractivity contribution in [2.45, 2.75) is 26.7 Å². The van der Waals surface area contributed by atoms with Crippen LogP contribution in [0.25, 0.3) is 6.08 Å². The number of hydrogen-bond donors (Lipinski definition) is 0.